The summed E-state index contributed by atoms with van der Waals surface area (Å²) in [6.45, 7) is 0. The van der Waals surface area contributed by atoms with Gasteiger partial charge in [-0.1, -0.05) is 0 Å². The van der Waals surface area contributed by atoms with Gasteiger partial charge in [0.1, 0.15) is 0 Å². The van der Waals surface area contributed by atoms with E-state index in [-0.39, 0.29) is 5.97 Å². The molecule has 0 amide bonds. The highest BCUT2D eigenvalue weighted by molar-refractivity contribution is 5.89. The Morgan fingerprint density at radius 2 is 1.61 bits per heavy atom. The van der Waals surface area contributed by atoms with Crippen molar-refractivity contribution in [1.29, 1.82) is 0 Å². The lowest BCUT2D eigenvalue weighted by Crippen LogP contribution is -2.09. The second-order valence-corrected chi connectivity index (χ2v) is 3.80. The van der Waals surface area contributed by atoms with E-state index in [9.17, 15) is 4.79 Å². The molecule has 0 radical (unpaired) electrons. The standard InChI is InChI=1S/C14H14N2O2/c1-16(13-7-9-15-10-8-13)12-5-3-11(4-6-12)14(17)18-2/h3-10H,1-2H3. The third kappa shape index (κ3) is 2.48. The SMILES string of the molecule is COC(=O)c1ccc(N(C)c2ccncc2)cc1. The van der Waals surface area contributed by atoms with Crippen molar-refractivity contribution < 1.29 is 9.53 Å². The Morgan fingerprint density at radius 1 is 1.06 bits per heavy atom. The first-order valence-electron chi connectivity index (χ1n) is 5.54. The van der Waals surface area contributed by atoms with E-state index >= 15 is 0 Å². The van der Waals surface area contributed by atoms with Crippen LogP contribution >= 0.6 is 0 Å². The monoisotopic (exact) mass is 242 g/mol. The van der Waals surface area contributed by atoms with Crippen LogP contribution in [0.1, 0.15) is 10.4 Å². The number of aromatic nitrogens is 1. The first kappa shape index (κ1) is 12.1. The van der Waals surface area contributed by atoms with Gasteiger partial charge in [-0.05, 0) is 36.4 Å². The molecule has 2 rings (SSSR count). The maximum absolute atomic E-state index is 11.3. The minimum Gasteiger partial charge on any atom is -0.465 e. The van der Waals surface area contributed by atoms with Crippen LogP contribution in [0.4, 0.5) is 11.4 Å². The average Bonchev–Trinajstić information content (AvgIpc) is 2.47. The highest BCUT2D eigenvalue weighted by Gasteiger charge is 2.07. The summed E-state index contributed by atoms with van der Waals surface area (Å²) in [5.74, 6) is -0.326. The third-order valence-electron chi connectivity index (χ3n) is 2.73. The van der Waals surface area contributed by atoms with Crippen LogP contribution in [-0.4, -0.2) is 25.1 Å². The Hall–Kier alpha value is -2.36. The van der Waals surface area contributed by atoms with Gasteiger partial charge in [-0.15, -0.1) is 0 Å². The lowest BCUT2D eigenvalue weighted by atomic mass is 10.2. The minimum absolute atomic E-state index is 0.326. The lowest BCUT2D eigenvalue weighted by Gasteiger charge is -2.19. The Kier molecular flexibility index (Phi) is 3.57. The molecule has 1 heterocycles. The Morgan fingerprint density at radius 3 is 2.17 bits per heavy atom. The number of hydrogen-bond donors (Lipinski definition) is 0. The van der Waals surface area contributed by atoms with E-state index in [1.54, 1.807) is 24.5 Å². The molecule has 18 heavy (non-hydrogen) atoms. The average molecular weight is 242 g/mol. The Balaban J connectivity index is 2.22. The van der Waals surface area contributed by atoms with Crippen LogP contribution < -0.4 is 4.90 Å². The molecular formula is C14H14N2O2. The molecule has 0 N–H and O–H groups in total. The molecule has 0 aliphatic carbocycles. The molecule has 1 aromatic heterocycles. The van der Waals surface area contributed by atoms with E-state index < -0.39 is 0 Å². The molecule has 0 saturated heterocycles. The zero-order valence-electron chi connectivity index (χ0n) is 10.3. The molecule has 92 valence electrons. The predicted molar refractivity (Wildman–Crippen MR) is 70.1 cm³/mol. The van der Waals surface area contributed by atoms with E-state index in [0.717, 1.165) is 11.4 Å². The van der Waals surface area contributed by atoms with Gasteiger partial charge in [-0.2, -0.15) is 0 Å². The van der Waals surface area contributed by atoms with E-state index in [2.05, 4.69) is 9.72 Å². The normalized spacial score (nSPS) is 9.89. The number of carbonyl (C=O) groups is 1. The summed E-state index contributed by atoms with van der Waals surface area (Å²) in [4.78, 5) is 17.3. The molecule has 0 bridgehead atoms. The molecule has 0 saturated carbocycles. The molecule has 0 unspecified atom stereocenters. The smallest absolute Gasteiger partial charge is 0.337 e. The zero-order chi connectivity index (χ0) is 13.0. The molecule has 0 aliphatic heterocycles. The molecular weight excluding hydrogens is 228 g/mol. The number of benzene rings is 1. The summed E-state index contributed by atoms with van der Waals surface area (Å²) < 4.78 is 4.66. The summed E-state index contributed by atoms with van der Waals surface area (Å²) in [6, 6.07) is 11.1. The first-order valence-corrected chi connectivity index (χ1v) is 5.54. The number of hydrogen-bond acceptors (Lipinski definition) is 4. The highest BCUT2D eigenvalue weighted by atomic mass is 16.5. The van der Waals surface area contributed by atoms with Crippen LogP contribution in [0.5, 0.6) is 0 Å². The van der Waals surface area contributed by atoms with Gasteiger partial charge < -0.3 is 9.64 Å². The van der Waals surface area contributed by atoms with Crippen LogP contribution in [-0.2, 0) is 4.74 Å². The molecule has 0 atom stereocenters. The van der Waals surface area contributed by atoms with Crippen molar-refractivity contribution in [3.05, 3.63) is 54.4 Å². The number of rotatable bonds is 3. The Bertz CT molecular complexity index is 523. The topological polar surface area (TPSA) is 42.4 Å². The van der Waals surface area contributed by atoms with Crippen molar-refractivity contribution in [3.63, 3.8) is 0 Å². The Labute approximate surface area is 106 Å². The quantitative estimate of drug-likeness (QED) is 0.776. The maximum Gasteiger partial charge on any atom is 0.337 e. The van der Waals surface area contributed by atoms with Gasteiger partial charge in [0.25, 0.3) is 0 Å². The van der Waals surface area contributed by atoms with Crippen molar-refractivity contribution in [2.24, 2.45) is 0 Å². The molecule has 0 fully saturated rings. The number of anilines is 2. The molecule has 4 nitrogen and oxygen atoms in total. The fourth-order valence-electron chi connectivity index (χ4n) is 1.66. The van der Waals surface area contributed by atoms with Crippen LogP contribution in [0.25, 0.3) is 0 Å². The largest absolute Gasteiger partial charge is 0.465 e. The molecule has 0 aliphatic rings. The second-order valence-electron chi connectivity index (χ2n) is 3.80. The van der Waals surface area contributed by atoms with Crippen LogP contribution in [0.3, 0.4) is 0 Å². The van der Waals surface area contributed by atoms with E-state index in [4.69, 9.17) is 0 Å². The van der Waals surface area contributed by atoms with Crippen molar-refractivity contribution in [3.8, 4) is 0 Å². The van der Waals surface area contributed by atoms with Gasteiger partial charge in [-0.25, -0.2) is 4.79 Å². The van der Waals surface area contributed by atoms with Crippen LogP contribution in [0.2, 0.25) is 0 Å². The van der Waals surface area contributed by atoms with Gasteiger partial charge in [-0.3, -0.25) is 4.98 Å². The van der Waals surface area contributed by atoms with Gasteiger partial charge in [0, 0.05) is 30.8 Å². The minimum atomic E-state index is -0.326. The summed E-state index contributed by atoms with van der Waals surface area (Å²) in [6.07, 6.45) is 3.49. The number of esters is 1. The van der Waals surface area contributed by atoms with Crippen molar-refractivity contribution in [2.45, 2.75) is 0 Å². The van der Waals surface area contributed by atoms with Crippen LogP contribution in [0, 0.1) is 0 Å². The van der Waals surface area contributed by atoms with Crippen LogP contribution in [0.15, 0.2) is 48.8 Å². The van der Waals surface area contributed by atoms with E-state index in [1.807, 2.05) is 36.2 Å². The van der Waals surface area contributed by atoms with Gasteiger partial charge in [0.15, 0.2) is 0 Å². The fraction of sp³-hybridized carbons (Fsp3) is 0.143. The summed E-state index contributed by atoms with van der Waals surface area (Å²) in [5.41, 5.74) is 2.58. The van der Waals surface area contributed by atoms with Gasteiger partial charge >= 0.3 is 5.97 Å². The third-order valence-corrected chi connectivity index (χ3v) is 2.73. The summed E-state index contributed by atoms with van der Waals surface area (Å²) in [7, 11) is 3.34. The van der Waals surface area contributed by atoms with Crippen molar-refractivity contribution in [2.75, 3.05) is 19.1 Å². The number of ether oxygens (including phenoxy) is 1. The fourth-order valence-corrected chi connectivity index (χ4v) is 1.66. The first-order chi connectivity index (χ1) is 8.72. The highest BCUT2D eigenvalue weighted by Crippen LogP contribution is 2.22. The number of nitrogens with zero attached hydrogens (tertiary/aromatic N) is 2. The maximum atomic E-state index is 11.3. The van der Waals surface area contributed by atoms with E-state index in [0.29, 0.717) is 5.56 Å². The molecule has 4 heteroatoms. The van der Waals surface area contributed by atoms with E-state index in [1.165, 1.54) is 7.11 Å². The lowest BCUT2D eigenvalue weighted by molar-refractivity contribution is 0.0601. The van der Waals surface area contributed by atoms with Gasteiger partial charge in [0.2, 0.25) is 0 Å². The van der Waals surface area contributed by atoms with Crippen molar-refractivity contribution >= 4 is 17.3 Å². The number of methoxy groups -OCH3 is 1. The molecule has 2 aromatic rings. The summed E-state index contributed by atoms with van der Waals surface area (Å²) >= 11 is 0. The second kappa shape index (κ2) is 5.31. The number of pyridine rings is 1. The number of carbonyl (C=O) groups excluding carboxylic acids is 1. The van der Waals surface area contributed by atoms with Crippen molar-refractivity contribution in [1.82, 2.24) is 4.98 Å². The summed E-state index contributed by atoms with van der Waals surface area (Å²) in [5, 5.41) is 0. The molecule has 1 aromatic carbocycles. The zero-order valence-corrected chi connectivity index (χ0v) is 10.3. The van der Waals surface area contributed by atoms with Gasteiger partial charge in [0.05, 0.1) is 12.7 Å². The molecule has 0 spiro atoms. The predicted octanol–water partition coefficient (Wildman–Crippen LogP) is 2.64.